The highest BCUT2D eigenvalue weighted by Gasteiger charge is 2.20. The molecular formula is C16H24N2O5S. The minimum Gasteiger partial charge on any atom is -0.383 e. The van der Waals surface area contributed by atoms with Crippen LogP contribution in [0.1, 0.15) is 22.3 Å². The van der Waals surface area contributed by atoms with Crippen molar-refractivity contribution in [2.45, 2.75) is 18.2 Å². The summed E-state index contributed by atoms with van der Waals surface area (Å²) in [5.74, 6) is 0.0465. The molecule has 2 N–H and O–H groups in total. The van der Waals surface area contributed by atoms with Crippen molar-refractivity contribution in [3.63, 3.8) is 0 Å². The number of ether oxygens (including phenoxy) is 2. The topological polar surface area (TPSA) is 93.7 Å². The summed E-state index contributed by atoms with van der Waals surface area (Å²) in [6.07, 6.45) is 0.928. The Bertz CT molecular complexity index is 669. The van der Waals surface area contributed by atoms with Crippen LogP contribution in [-0.2, 0) is 19.5 Å². The summed E-state index contributed by atoms with van der Waals surface area (Å²) >= 11 is 0. The Balaban J connectivity index is 2.08. The van der Waals surface area contributed by atoms with Gasteiger partial charge in [0.25, 0.3) is 5.91 Å². The highest BCUT2D eigenvalue weighted by molar-refractivity contribution is 7.89. The molecule has 7 nitrogen and oxygen atoms in total. The molecule has 1 heterocycles. The van der Waals surface area contributed by atoms with Crippen LogP contribution in [-0.4, -0.2) is 54.3 Å². The van der Waals surface area contributed by atoms with Crippen LogP contribution >= 0.6 is 0 Å². The molecule has 0 aromatic heterocycles. The van der Waals surface area contributed by atoms with E-state index in [4.69, 9.17) is 9.47 Å². The van der Waals surface area contributed by atoms with E-state index in [1.54, 1.807) is 13.0 Å². The number of hydrogen-bond donors (Lipinski definition) is 2. The first-order valence-corrected chi connectivity index (χ1v) is 9.37. The highest BCUT2D eigenvalue weighted by Crippen LogP contribution is 2.16. The molecule has 1 amide bonds. The van der Waals surface area contributed by atoms with Gasteiger partial charge >= 0.3 is 0 Å². The van der Waals surface area contributed by atoms with Gasteiger partial charge in [0.05, 0.1) is 18.1 Å². The van der Waals surface area contributed by atoms with Crippen LogP contribution in [0.4, 0.5) is 0 Å². The lowest BCUT2D eigenvalue weighted by Gasteiger charge is -2.13. The predicted octanol–water partition coefficient (Wildman–Crippen LogP) is 0.686. The van der Waals surface area contributed by atoms with Gasteiger partial charge in [0.15, 0.2) is 0 Å². The van der Waals surface area contributed by atoms with Crippen LogP contribution in [0.3, 0.4) is 0 Å². The van der Waals surface area contributed by atoms with Crippen molar-refractivity contribution in [1.82, 2.24) is 10.0 Å². The van der Waals surface area contributed by atoms with Crippen molar-refractivity contribution in [3.8, 4) is 0 Å². The number of carbonyl (C=O) groups excluding carboxylic acids is 1. The van der Waals surface area contributed by atoms with Crippen LogP contribution in [0.15, 0.2) is 23.1 Å². The fraction of sp³-hybridized carbons (Fsp3) is 0.562. The van der Waals surface area contributed by atoms with Gasteiger partial charge in [-0.05, 0) is 31.0 Å². The second-order valence-corrected chi connectivity index (χ2v) is 7.57. The number of methoxy groups -OCH3 is 1. The summed E-state index contributed by atoms with van der Waals surface area (Å²) in [6.45, 7) is 4.14. The standard InChI is InChI=1S/C16H24N2O5S/c1-12-3-4-14(24(20,21)18-6-8-22-2)9-15(12)16(19)17-10-13-5-7-23-11-13/h3-4,9,13,18H,5-8,10-11H2,1-2H3,(H,17,19). The number of rotatable bonds is 8. The summed E-state index contributed by atoms with van der Waals surface area (Å²) in [4.78, 5) is 12.4. The molecule has 1 fully saturated rings. The second kappa shape index (κ2) is 8.57. The Morgan fingerprint density at radius 2 is 2.21 bits per heavy atom. The third kappa shape index (κ3) is 5.01. The second-order valence-electron chi connectivity index (χ2n) is 5.81. The first-order valence-electron chi connectivity index (χ1n) is 7.89. The van der Waals surface area contributed by atoms with Gasteiger partial charge in [-0.3, -0.25) is 4.79 Å². The van der Waals surface area contributed by atoms with E-state index in [1.807, 2.05) is 0 Å². The Morgan fingerprint density at radius 3 is 2.88 bits per heavy atom. The fourth-order valence-corrected chi connectivity index (χ4v) is 3.49. The average molecular weight is 356 g/mol. The quantitative estimate of drug-likeness (QED) is 0.668. The van der Waals surface area contributed by atoms with E-state index in [0.717, 1.165) is 18.6 Å². The number of aryl methyl sites for hydroxylation is 1. The minimum atomic E-state index is -3.67. The predicted molar refractivity (Wildman–Crippen MR) is 89.5 cm³/mol. The van der Waals surface area contributed by atoms with Crippen molar-refractivity contribution in [1.29, 1.82) is 0 Å². The zero-order valence-electron chi connectivity index (χ0n) is 14.0. The third-order valence-corrected chi connectivity index (χ3v) is 5.40. The Morgan fingerprint density at radius 1 is 1.42 bits per heavy atom. The van der Waals surface area contributed by atoms with E-state index < -0.39 is 10.0 Å². The summed E-state index contributed by atoms with van der Waals surface area (Å²) in [5.41, 5.74) is 1.09. The lowest BCUT2D eigenvalue weighted by Crippen LogP contribution is -2.31. The summed E-state index contributed by atoms with van der Waals surface area (Å²) in [6, 6.07) is 4.54. The van der Waals surface area contributed by atoms with Crippen molar-refractivity contribution in [3.05, 3.63) is 29.3 Å². The maximum atomic E-state index is 12.4. The van der Waals surface area contributed by atoms with Gasteiger partial charge in [0.2, 0.25) is 10.0 Å². The molecule has 1 aromatic rings. The van der Waals surface area contributed by atoms with Gasteiger partial charge < -0.3 is 14.8 Å². The molecule has 8 heteroatoms. The fourth-order valence-electron chi connectivity index (χ4n) is 2.45. The zero-order chi connectivity index (χ0) is 17.6. The van der Waals surface area contributed by atoms with E-state index in [9.17, 15) is 13.2 Å². The first kappa shape index (κ1) is 18.9. The Labute approximate surface area is 142 Å². The zero-order valence-corrected chi connectivity index (χ0v) is 14.8. The Hall–Kier alpha value is -1.48. The van der Waals surface area contributed by atoms with Crippen LogP contribution in [0.2, 0.25) is 0 Å². The average Bonchev–Trinajstić information content (AvgIpc) is 3.06. The van der Waals surface area contributed by atoms with Crippen LogP contribution in [0, 0.1) is 12.8 Å². The molecule has 134 valence electrons. The van der Waals surface area contributed by atoms with E-state index in [1.165, 1.54) is 19.2 Å². The van der Waals surface area contributed by atoms with Crippen molar-refractivity contribution in [2.24, 2.45) is 5.92 Å². The number of amides is 1. The number of nitrogens with one attached hydrogen (secondary N) is 2. The van der Waals surface area contributed by atoms with Gasteiger partial charge in [-0.2, -0.15) is 0 Å². The number of hydrogen-bond acceptors (Lipinski definition) is 5. The van der Waals surface area contributed by atoms with Crippen molar-refractivity contribution in [2.75, 3.05) is 40.0 Å². The van der Waals surface area contributed by atoms with Gasteiger partial charge in [-0.25, -0.2) is 13.1 Å². The van der Waals surface area contributed by atoms with Crippen LogP contribution in [0.25, 0.3) is 0 Å². The van der Waals surface area contributed by atoms with Crippen LogP contribution < -0.4 is 10.0 Å². The first-order chi connectivity index (χ1) is 11.4. The smallest absolute Gasteiger partial charge is 0.251 e. The van der Waals surface area contributed by atoms with Gasteiger partial charge in [-0.15, -0.1) is 0 Å². The largest absolute Gasteiger partial charge is 0.383 e. The number of carbonyl (C=O) groups is 1. The van der Waals surface area contributed by atoms with Crippen molar-refractivity contribution < 1.29 is 22.7 Å². The molecule has 1 unspecified atom stereocenters. The Kier molecular flexibility index (Phi) is 6.73. The van der Waals surface area contributed by atoms with Gasteiger partial charge in [-0.1, -0.05) is 6.07 Å². The van der Waals surface area contributed by atoms with E-state index in [2.05, 4.69) is 10.0 Å². The molecule has 1 atom stereocenters. The third-order valence-electron chi connectivity index (χ3n) is 3.94. The van der Waals surface area contributed by atoms with E-state index in [-0.39, 0.29) is 24.0 Å². The summed E-state index contributed by atoms with van der Waals surface area (Å²) < 4.78 is 37.0. The van der Waals surface area contributed by atoms with E-state index in [0.29, 0.717) is 24.6 Å². The monoisotopic (exact) mass is 356 g/mol. The number of benzene rings is 1. The summed E-state index contributed by atoms with van der Waals surface area (Å²) in [5, 5.41) is 2.86. The van der Waals surface area contributed by atoms with Gasteiger partial charge in [0, 0.05) is 38.3 Å². The van der Waals surface area contributed by atoms with Crippen molar-refractivity contribution >= 4 is 15.9 Å². The van der Waals surface area contributed by atoms with Crippen LogP contribution in [0.5, 0.6) is 0 Å². The maximum absolute atomic E-state index is 12.4. The van der Waals surface area contributed by atoms with Gasteiger partial charge in [0.1, 0.15) is 0 Å². The molecule has 0 aliphatic carbocycles. The molecule has 0 bridgehead atoms. The molecule has 1 aliphatic heterocycles. The molecule has 2 rings (SSSR count). The molecule has 24 heavy (non-hydrogen) atoms. The SMILES string of the molecule is COCCNS(=O)(=O)c1ccc(C)c(C(=O)NCC2CCOC2)c1. The summed E-state index contributed by atoms with van der Waals surface area (Å²) in [7, 11) is -2.17. The number of sulfonamides is 1. The molecule has 1 saturated heterocycles. The minimum absolute atomic E-state index is 0.0681. The molecule has 1 aromatic carbocycles. The molecule has 1 aliphatic rings. The normalized spacial score (nSPS) is 17.8. The molecular weight excluding hydrogens is 332 g/mol. The van der Waals surface area contributed by atoms with E-state index >= 15 is 0 Å². The molecule has 0 spiro atoms. The lowest BCUT2D eigenvalue weighted by atomic mass is 10.1. The lowest BCUT2D eigenvalue weighted by molar-refractivity contribution is 0.0944. The molecule has 0 radical (unpaired) electrons. The highest BCUT2D eigenvalue weighted by atomic mass is 32.2. The molecule has 0 saturated carbocycles. The maximum Gasteiger partial charge on any atom is 0.251 e.